The van der Waals surface area contributed by atoms with Gasteiger partial charge in [0.2, 0.25) is 15.9 Å². The number of rotatable bonds is 10. The molecule has 0 saturated carbocycles. The second-order valence-corrected chi connectivity index (χ2v) is 10.8. The molecular formula is C22H34N4O4S2. The molecule has 0 N–H and O–H groups in total. The highest BCUT2D eigenvalue weighted by Crippen LogP contribution is 2.28. The number of morpholine rings is 1. The molecule has 1 atom stereocenters. The van der Waals surface area contributed by atoms with Crippen LogP contribution in [0.5, 0.6) is 0 Å². The van der Waals surface area contributed by atoms with E-state index in [-0.39, 0.29) is 16.9 Å². The average Bonchev–Trinajstić information content (AvgIpc) is 3.13. The predicted molar refractivity (Wildman–Crippen MR) is 127 cm³/mol. The Kier molecular flexibility index (Phi) is 8.60. The Bertz CT molecular complexity index is 1030. The molecule has 1 fully saturated rings. The number of benzene rings is 1. The van der Waals surface area contributed by atoms with Crippen LogP contribution in [0.1, 0.15) is 40.5 Å². The summed E-state index contributed by atoms with van der Waals surface area (Å²) in [6.07, 6.45) is 2.06. The summed E-state index contributed by atoms with van der Waals surface area (Å²) >= 11 is 1.41. The number of amides is 1. The van der Waals surface area contributed by atoms with Crippen LogP contribution in [-0.2, 0) is 26.1 Å². The van der Waals surface area contributed by atoms with Crippen molar-refractivity contribution < 1.29 is 17.9 Å². The molecule has 2 aromatic rings. The van der Waals surface area contributed by atoms with Crippen LogP contribution in [0.25, 0.3) is 11.0 Å². The summed E-state index contributed by atoms with van der Waals surface area (Å²) < 4.78 is 35.0. The van der Waals surface area contributed by atoms with E-state index in [0.717, 1.165) is 30.1 Å². The Morgan fingerprint density at radius 3 is 2.69 bits per heavy atom. The van der Waals surface area contributed by atoms with E-state index in [9.17, 15) is 13.2 Å². The van der Waals surface area contributed by atoms with E-state index in [4.69, 9.17) is 9.72 Å². The zero-order valence-corrected chi connectivity index (χ0v) is 21.0. The topological polar surface area (TPSA) is 84.7 Å². The number of imidazole rings is 1. The summed E-state index contributed by atoms with van der Waals surface area (Å²) in [5.41, 5.74) is 1.54. The predicted octanol–water partition coefficient (Wildman–Crippen LogP) is 3.21. The van der Waals surface area contributed by atoms with E-state index in [1.165, 1.54) is 16.1 Å². The Balaban J connectivity index is 1.87. The summed E-state index contributed by atoms with van der Waals surface area (Å²) in [6.45, 7) is 11.2. The summed E-state index contributed by atoms with van der Waals surface area (Å²) in [7, 11) is -3.55. The van der Waals surface area contributed by atoms with Crippen LogP contribution in [0.4, 0.5) is 0 Å². The fraction of sp³-hybridized carbons (Fsp3) is 0.636. The monoisotopic (exact) mass is 482 g/mol. The highest BCUT2D eigenvalue weighted by Gasteiger charge is 2.24. The summed E-state index contributed by atoms with van der Waals surface area (Å²) in [4.78, 5) is 19.5. The van der Waals surface area contributed by atoms with Crippen molar-refractivity contribution in [2.24, 2.45) is 0 Å². The van der Waals surface area contributed by atoms with Crippen molar-refractivity contribution in [3.8, 4) is 0 Å². The first kappa shape index (κ1) is 25.0. The van der Waals surface area contributed by atoms with Crippen LogP contribution in [-0.4, -0.2) is 77.7 Å². The fourth-order valence-corrected chi connectivity index (χ4v) is 6.29. The van der Waals surface area contributed by atoms with Gasteiger partial charge in [0.25, 0.3) is 0 Å². The first-order valence-corrected chi connectivity index (χ1v) is 13.8. The second-order valence-electron chi connectivity index (χ2n) is 7.95. The fourth-order valence-electron chi connectivity index (χ4n) is 3.87. The third-order valence-electron chi connectivity index (χ3n) is 5.68. The number of fused-ring (bicyclic) bond motifs is 1. The number of carbonyl (C=O) groups is 1. The average molecular weight is 483 g/mol. The maximum absolute atomic E-state index is 12.9. The van der Waals surface area contributed by atoms with Crippen LogP contribution in [0.2, 0.25) is 0 Å². The molecule has 178 valence electrons. The number of unbranched alkanes of at least 4 members (excludes halogenated alkanes) is 1. The van der Waals surface area contributed by atoms with E-state index in [1.54, 1.807) is 12.1 Å². The number of sulfonamides is 1. The second kappa shape index (κ2) is 11.0. The number of nitrogens with zero attached hydrogens (tertiary/aromatic N) is 4. The largest absolute Gasteiger partial charge is 0.375 e. The van der Waals surface area contributed by atoms with Crippen LogP contribution >= 0.6 is 11.8 Å². The lowest BCUT2D eigenvalue weighted by Crippen LogP contribution is -2.45. The summed E-state index contributed by atoms with van der Waals surface area (Å²) in [5.74, 6) is 0.372. The minimum atomic E-state index is -3.55. The van der Waals surface area contributed by atoms with Crippen LogP contribution in [0.3, 0.4) is 0 Å². The number of aryl methyl sites for hydroxylation is 1. The SMILES string of the molecule is CCCCn1c(SCC(=O)N2CCOC(C)C2)nc2cc(S(=O)(=O)N(CC)CC)ccc21. The normalized spacial score (nSPS) is 17.4. The number of ether oxygens (including phenoxy) is 1. The van der Waals surface area contributed by atoms with E-state index >= 15 is 0 Å². The molecule has 1 unspecified atom stereocenters. The van der Waals surface area contributed by atoms with E-state index in [2.05, 4.69) is 11.5 Å². The van der Waals surface area contributed by atoms with Crippen molar-refractivity contribution in [1.29, 1.82) is 0 Å². The maximum atomic E-state index is 12.9. The van der Waals surface area contributed by atoms with Gasteiger partial charge in [-0.15, -0.1) is 0 Å². The van der Waals surface area contributed by atoms with Crippen molar-refractivity contribution in [2.75, 3.05) is 38.5 Å². The molecule has 0 spiro atoms. The molecule has 1 aromatic heterocycles. The Morgan fingerprint density at radius 2 is 2.03 bits per heavy atom. The van der Waals surface area contributed by atoms with Gasteiger partial charge in [-0.3, -0.25) is 4.79 Å². The number of carbonyl (C=O) groups excluding carboxylic acids is 1. The van der Waals surface area contributed by atoms with Gasteiger partial charge >= 0.3 is 0 Å². The van der Waals surface area contributed by atoms with Crippen molar-refractivity contribution in [2.45, 2.75) is 63.2 Å². The van der Waals surface area contributed by atoms with Gasteiger partial charge in [-0.2, -0.15) is 4.31 Å². The van der Waals surface area contributed by atoms with Crippen molar-refractivity contribution >= 4 is 38.7 Å². The lowest BCUT2D eigenvalue weighted by molar-refractivity contribution is -0.135. The molecule has 1 amide bonds. The van der Waals surface area contributed by atoms with Crippen LogP contribution in [0, 0.1) is 0 Å². The van der Waals surface area contributed by atoms with Crippen molar-refractivity contribution in [3.63, 3.8) is 0 Å². The lowest BCUT2D eigenvalue weighted by Gasteiger charge is -2.31. The van der Waals surface area contributed by atoms with Crippen molar-refractivity contribution in [1.82, 2.24) is 18.8 Å². The molecule has 0 radical (unpaired) electrons. The Labute approximate surface area is 195 Å². The summed E-state index contributed by atoms with van der Waals surface area (Å²) in [6, 6.07) is 5.15. The molecule has 0 bridgehead atoms. The zero-order valence-electron chi connectivity index (χ0n) is 19.4. The van der Waals surface area contributed by atoms with Gasteiger partial charge in [-0.1, -0.05) is 39.0 Å². The quantitative estimate of drug-likeness (QED) is 0.484. The van der Waals surface area contributed by atoms with Gasteiger partial charge in [0.15, 0.2) is 5.16 Å². The minimum absolute atomic E-state index is 0.0537. The molecule has 10 heteroatoms. The molecule has 1 saturated heterocycles. The third-order valence-corrected chi connectivity index (χ3v) is 8.69. The first-order chi connectivity index (χ1) is 15.3. The molecule has 32 heavy (non-hydrogen) atoms. The minimum Gasteiger partial charge on any atom is -0.375 e. The van der Waals surface area contributed by atoms with E-state index < -0.39 is 10.0 Å². The van der Waals surface area contributed by atoms with Crippen LogP contribution in [0.15, 0.2) is 28.3 Å². The summed E-state index contributed by atoms with van der Waals surface area (Å²) in [5, 5.41) is 0.750. The number of hydrogen-bond acceptors (Lipinski definition) is 6. The van der Waals surface area contributed by atoms with Gasteiger partial charge in [0, 0.05) is 32.7 Å². The number of thioether (sulfide) groups is 1. The molecule has 0 aliphatic carbocycles. The zero-order chi connectivity index (χ0) is 23.3. The highest BCUT2D eigenvalue weighted by molar-refractivity contribution is 7.99. The van der Waals surface area contributed by atoms with Gasteiger partial charge in [0.1, 0.15) is 0 Å². The number of aromatic nitrogens is 2. The standard InChI is InChI=1S/C22H34N4O4S2/c1-5-8-11-26-20-10-9-18(32(28,29)25(6-2)7-3)14-19(20)23-22(26)31-16-21(27)24-12-13-30-17(4)15-24/h9-10,14,17H,5-8,11-13,15-16H2,1-4H3. The van der Waals surface area contributed by atoms with Crippen LogP contribution < -0.4 is 0 Å². The molecule has 1 aliphatic rings. The van der Waals surface area contributed by atoms with Crippen molar-refractivity contribution in [3.05, 3.63) is 18.2 Å². The molecule has 8 nitrogen and oxygen atoms in total. The molecular weight excluding hydrogens is 448 g/mol. The Morgan fingerprint density at radius 1 is 1.28 bits per heavy atom. The molecule has 1 aromatic carbocycles. The van der Waals surface area contributed by atoms with Gasteiger partial charge in [-0.25, -0.2) is 13.4 Å². The van der Waals surface area contributed by atoms with E-state index in [1.807, 2.05) is 31.7 Å². The number of hydrogen-bond donors (Lipinski definition) is 0. The van der Waals surface area contributed by atoms with Gasteiger partial charge in [-0.05, 0) is 31.5 Å². The molecule has 1 aliphatic heterocycles. The first-order valence-electron chi connectivity index (χ1n) is 11.3. The Hall–Kier alpha value is -1.62. The van der Waals surface area contributed by atoms with E-state index in [0.29, 0.717) is 44.1 Å². The maximum Gasteiger partial charge on any atom is 0.243 e. The highest BCUT2D eigenvalue weighted by atomic mass is 32.2. The third kappa shape index (κ3) is 5.47. The van der Waals surface area contributed by atoms with Gasteiger partial charge < -0.3 is 14.2 Å². The molecule has 2 heterocycles. The molecule has 3 rings (SSSR count). The van der Waals surface area contributed by atoms with Gasteiger partial charge in [0.05, 0.1) is 34.4 Å². The smallest absolute Gasteiger partial charge is 0.243 e. The lowest BCUT2D eigenvalue weighted by atomic mass is 10.3.